The molecule has 0 aromatic heterocycles. The van der Waals surface area contributed by atoms with Gasteiger partial charge in [-0.3, -0.25) is 14.1 Å². The maximum atomic E-state index is 12.4. The van der Waals surface area contributed by atoms with E-state index in [-0.39, 0.29) is 19.4 Å². The molecule has 9 heteroatoms. The van der Waals surface area contributed by atoms with Crippen molar-refractivity contribution in [2.24, 2.45) is 0 Å². The molecule has 0 heterocycles. The van der Waals surface area contributed by atoms with Gasteiger partial charge in [0, 0.05) is 12.8 Å². The summed E-state index contributed by atoms with van der Waals surface area (Å²) in [4.78, 5) is 42.8. The number of ether oxygens (including phenoxy) is 2. The molecule has 0 unspecified atom stereocenters. The molecule has 0 saturated heterocycles. The second kappa shape index (κ2) is 37.5. The lowest BCUT2D eigenvalue weighted by atomic mass is 10.0. The van der Waals surface area contributed by atoms with Gasteiger partial charge in [0.2, 0.25) is 0 Å². The molecule has 2 N–H and O–H groups in total. The average Bonchev–Trinajstić information content (AvgIpc) is 3.08. The van der Waals surface area contributed by atoms with E-state index in [9.17, 15) is 14.2 Å². The van der Waals surface area contributed by atoms with E-state index in [1.54, 1.807) is 0 Å². The molecule has 8 nitrogen and oxygen atoms in total. The molecule has 0 aromatic carbocycles. The summed E-state index contributed by atoms with van der Waals surface area (Å²) in [5.74, 6) is -0.876. The van der Waals surface area contributed by atoms with E-state index in [1.165, 1.54) is 148 Å². The summed E-state index contributed by atoms with van der Waals surface area (Å²) in [6.45, 7) is 3.69. The lowest BCUT2D eigenvalue weighted by Crippen LogP contribution is -2.29. The molecule has 0 aromatic rings. The van der Waals surface area contributed by atoms with Crippen LogP contribution in [0.4, 0.5) is 0 Å². The molecular weight excluding hydrogens is 651 g/mol. The van der Waals surface area contributed by atoms with Crippen molar-refractivity contribution in [3.8, 4) is 0 Å². The summed E-state index contributed by atoms with van der Waals surface area (Å²) in [6.07, 6.45) is 40.7. The van der Waals surface area contributed by atoms with E-state index in [4.69, 9.17) is 19.3 Å². The van der Waals surface area contributed by atoms with Crippen molar-refractivity contribution in [3.63, 3.8) is 0 Å². The van der Waals surface area contributed by atoms with Crippen LogP contribution in [0.5, 0.6) is 0 Å². The quantitative estimate of drug-likeness (QED) is 0.0278. The van der Waals surface area contributed by atoms with Gasteiger partial charge >= 0.3 is 19.8 Å². The highest BCUT2D eigenvalue weighted by Crippen LogP contribution is 2.36. The first-order chi connectivity index (χ1) is 24.3. The number of rotatable bonds is 39. The van der Waals surface area contributed by atoms with Crippen LogP contribution in [0.15, 0.2) is 12.2 Å². The van der Waals surface area contributed by atoms with Crippen LogP contribution >= 0.6 is 7.82 Å². The van der Waals surface area contributed by atoms with Gasteiger partial charge in [0.25, 0.3) is 0 Å². The Morgan fingerprint density at radius 3 is 1.22 bits per heavy atom. The molecule has 0 aliphatic heterocycles. The van der Waals surface area contributed by atoms with Gasteiger partial charge in [-0.2, -0.15) is 0 Å². The largest absolute Gasteiger partial charge is 0.469 e. The van der Waals surface area contributed by atoms with E-state index >= 15 is 0 Å². The zero-order valence-electron chi connectivity index (χ0n) is 32.6. The third-order valence-electron chi connectivity index (χ3n) is 9.28. The Balaban J connectivity index is 3.86. The lowest BCUT2D eigenvalue weighted by molar-refractivity contribution is -0.161. The number of unbranched alkanes of at least 4 members (excludes halogenated alkanes) is 27. The minimum absolute atomic E-state index is 0.217. The van der Waals surface area contributed by atoms with Crippen molar-refractivity contribution < 1.29 is 37.9 Å². The highest BCUT2D eigenvalue weighted by atomic mass is 31.2. The van der Waals surface area contributed by atoms with Gasteiger partial charge in [-0.15, -0.1) is 0 Å². The summed E-state index contributed by atoms with van der Waals surface area (Å²) in [5.41, 5.74) is 0. The molecule has 0 rings (SSSR count). The number of carbonyl (C=O) groups is 2. The Kier molecular flexibility index (Phi) is 36.6. The highest BCUT2D eigenvalue weighted by Gasteiger charge is 2.22. The molecular formula is C41H79O8P. The topological polar surface area (TPSA) is 119 Å². The van der Waals surface area contributed by atoms with Crippen LogP contribution in [0.2, 0.25) is 0 Å². The van der Waals surface area contributed by atoms with Gasteiger partial charge in [0.05, 0.1) is 6.61 Å². The Bertz CT molecular complexity index is 827. The second-order valence-electron chi connectivity index (χ2n) is 14.3. The SMILES string of the molecule is CCCCCCCC/C=C\CCCCCCCCCCCC(=O)OC[C@H](COP(=O)(O)O)OC(=O)CCCCCCCCCCCCCCC. The standard InChI is InChI=1S/C41H79O8P/c1-3-5-7-9-11-13-15-17-18-19-20-21-22-24-25-27-29-31-33-35-40(42)47-37-39(38-48-50(44,45)46)49-41(43)36-34-32-30-28-26-23-16-14-12-10-8-6-4-2/h17-18,39H,3-16,19-38H2,1-2H3,(H2,44,45,46)/b18-17-/t39-/m1/s1. The van der Waals surface area contributed by atoms with E-state index in [0.717, 1.165) is 38.5 Å². The fourth-order valence-electron chi connectivity index (χ4n) is 6.13. The summed E-state index contributed by atoms with van der Waals surface area (Å²) in [5, 5.41) is 0. The number of hydrogen-bond acceptors (Lipinski definition) is 6. The minimum Gasteiger partial charge on any atom is -0.462 e. The highest BCUT2D eigenvalue weighted by molar-refractivity contribution is 7.46. The number of phosphoric ester groups is 1. The van der Waals surface area contributed by atoms with Crippen LogP contribution in [-0.4, -0.2) is 41.0 Å². The van der Waals surface area contributed by atoms with E-state index in [2.05, 4.69) is 30.5 Å². The van der Waals surface area contributed by atoms with Crippen LogP contribution in [0.1, 0.15) is 219 Å². The van der Waals surface area contributed by atoms with Gasteiger partial charge in [-0.05, 0) is 38.5 Å². The number of phosphoric acid groups is 1. The lowest BCUT2D eigenvalue weighted by Gasteiger charge is -2.18. The molecule has 0 spiro atoms. The first-order valence-corrected chi connectivity index (χ1v) is 22.5. The van der Waals surface area contributed by atoms with Gasteiger partial charge in [0.1, 0.15) is 6.61 Å². The van der Waals surface area contributed by atoms with Gasteiger partial charge in [0.15, 0.2) is 6.10 Å². The van der Waals surface area contributed by atoms with Crippen LogP contribution in [0.25, 0.3) is 0 Å². The fraction of sp³-hybridized carbons (Fsp3) is 0.902. The summed E-state index contributed by atoms with van der Waals surface area (Å²) in [7, 11) is -4.75. The molecule has 0 saturated carbocycles. The van der Waals surface area contributed by atoms with Crippen molar-refractivity contribution >= 4 is 19.8 Å². The maximum Gasteiger partial charge on any atom is 0.469 e. The van der Waals surface area contributed by atoms with Crippen LogP contribution in [0, 0.1) is 0 Å². The van der Waals surface area contributed by atoms with Crippen molar-refractivity contribution in [3.05, 3.63) is 12.2 Å². The zero-order valence-corrected chi connectivity index (χ0v) is 33.5. The maximum absolute atomic E-state index is 12.4. The van der Waals surface area contributed by atoms with E-state index in [0.29, 0.717) is 6.42 Å². The Morgan fingerprint density at radius 1 is 0.500 bits per heavy atom. The minimum atomic E-state index is -4.75. The third-order valence-corrected chi connectivity index (χ3v) is 9.77. The molecule has 0 radical (unpaired) electrons. The van der Waals surface area contributed by atoms with Crippen LogP contribution in [0.3, 0.4) is 0 Å². The van der Waals surface area contributed by atoms with Crippen molar-refractivity contribution in [2.75, 3.05) is 13.2 Å². The molecule has 50 heavy (non-hydrogen) atoms. The Labute approximate surface area is 307 Å². The third kappa shape index (κ3) is 39.6. The smallest absolute Gasteiger partial charge is 0.462 e. The molecule has 0 amide bonds. The second-order valence-corrected chi connectivity index (χ2v) is 15.6. The molecule has 0 fully saturated rings. The molecule has 0 aliphatic rings. The van der Waals surface area contributed by atoms with Gasteiger partial charge in [-0.25, -0.2) is 4.57 Å². The van der Waals surface area contributed by atoms with Gasteiger partial charge < -0.3 is 19.3 Å². The zero-order chi connectivity index (χ0) is 36.8. The van der Waals surface area contributed by atoms with E-state index in [1.807, 2.05) is 0 Å². The summed E-state index contributed by atoms with van der Waals surface area (Å²) < 4.78 is 26.4. The first kappa shape index (κ1) is 48.8. The van der Waals surface area contributed by atoms with Crippen molar-refractivity contribution in [1.29, 1.82) is 0 Å². The van der Waals surface area contributed by atoms with Crippen LogP contribution < -0.4 is 0 Å². The predicted molar refractivity (Wildman–Crippen MR) is 207 cm³/mol. The monoisotopic (exact) mass is 731 g/mol. The molecule has 0 aliphatic carbocycles. The Hall–Kier alpha value is -1.21. The predicted octanol–water partition coefficient (Wildman–Crippen LogP) is 12.6. The molecule has 296 valence electrons. The Morgan fingerprint density at radius 2 is 0.840 bits per heavy atom. The first-order valence-electron chi connectivity index (χ1n) is 21.0. The summed E-state index contributed by atoms with van der Waals surface area (Å²) in [6, 6.07) is 0. The summed E-state index contributed by atoms with van der Waals surface area (Å²) >= 11 is 0. The van der Waals surface area contributed by atoms with Crippen LogP contribution in [-0.2, 0) is 28.2 Å². The fourth-order valence-corrected chi connectivity index (χ4v) is 6.49. The molecule has 0 bridgehead atoms. The normalized spacial score (nSPS) is 12.5. The van der Waals surface area contributed by atoms with Gasteiger partial charge in [-0.1, -0.05) is 180 Å². The average molecular weight is 731 g/mol. The van der Waals surface area contributed by atoms with Crippen molar-refractivity contribution in [1.82, 2.24) is 0 Å². The number of carbonyl (C=O) groups excluding carboxylic acids is 2. The molecule has 1 atom stereocenters. The van der Waals surface area contributed by atoms with E-state index < -0.39 is 32.5 Å². The number of hydrogen-bond donors (Lipinski definition) is 2. The number of allylic oxidation sites excluding steroid dienone is 2. The number of esters is 2. The van der Waals surface area contributed by atoms with Crippen molar-refractivity contribution in [2.45, 2.75) is 225 Å².